The van der Waals surface area contributed by atoms with E-state index < -0.39 is 19.0 Å². The van der Waals surface area contributed by atoms with Gasteiger partial charge in [-0.25, -0.2) is 0 Å². The van der Waals surface area contributed by atoms with Crippen molar-refractivity contribution in [3.63, 3.8) is 0 Å². The van der Waals surface area contributed by atoms with Crippen molar-refractivity contribution in [2.24, 2.45) is 0 Å². The van der Waals surface area contributed by atoms with Gasteiger partial charge in [0.05, 0.1) is 0 Å². The molecule has 1 fully saturated rings. The van der Waals surface area contributed by atoms with E-state index in [0.29, 0.717) is 0 Å². The van der Waals surface area contributed by atoms with Crippen LogP contribution in [0.5, 0.6) is 0 Å². The molecule has 0 aliphatic carbocycles. The van der Waals surface area contributed by atoms with Gasteiger partial charge in [0.15, 0.2) is 0 Å². The summed E-state index contributed by atoms with van der Waals surface area (Å²) in [5.41, 5.74) is 0. The van der Waals surface area contributed by atoms with Crippen LogP contribution in [0.15, 0.2) is 0 Å². The SMILES string of the molecule is CC(OCC(F)(F)F)N1CCCCC1. The van der Waals surface area contributed by atoms with Crippen LogP contribution in [0, 0.1) is 0 Å². The van der Waals surface area contributed by atoms with Crippen LogP contribution in [-0.4, -0.2) is 37.0 Å². The third kappa shape index (κ3) is 4.28. The largest absolute Gasteiger partial charge is 0.411 e. The maximum absolute atomic E-state index is 11.8. The van der Waals surface area contributed by atoms with E-state index in [1.165, 1.54) is 6.42 Å². The van der Waals surface area contributed by atoms with Gasteiger partial charge in [-0.1, -0.05) is 6.42 Å². The second-order valence-corrected chi connectivity index (χ2v) is 3.62. The lowest BCUT2D eigenvalue weighted by molar-refractivity contribution is -0.201. The van der Waals surface area contributed by atoms with Crippen LogP contribution in [0.1, 0.15) is 26.2 Å². The third-order valence-electron chi connectivity index (χ3n) is 2.39. The summed E-state index contributed by atoms with van der Waals surface area (Å²) in [6, 6.07) is 0. The van der Waals surface area contributed by atoms with Crippen molar-refractivity contribution >= 4 is 0 Å². The van der Waals surface area contributed by atoms with Gasteiger partial charge in [-0.2, -0.15) is 13.2 Å². The molecule has 5 heteroatoms. The molecule has 0 saturated carbocycles. The Hall–Kier alpha value is -0.290. The number of ether oxygens (including phenoxy) is 1. The van der Waals surface area contributed by atoms with E-state index in [1.807, 2.05) is 4.90 Å². The Balaban J connectivity index is 2.23. The smallest absolute Gasteiger partial charge is 0.354 e. The summed E-state index contributed by atoms with van der Waals surface area (Å²) in [5, 5.41) is 0. The second kappa shape index (κ2) is 4.98. The highest BCUT2D eigenvalue weighted by atomic mass is 19.4. The molecule has 0 N–H and O–H groups in total. The van der Waals surface area contributed by atoms with Crippen molar-refractivity contribution in [1.82, 2.24) is 4.90 Å². The molecule has 1 aliphatic heterocycles. The minimum Gasteiger partial charge on any atom is -0.354 e. The van der Waals surface area contributed by atoms with Crippen LogP contribution in [0.25, 0.3) is 0 Å². The first-order chi connectivity index (χ1) is 6.49. The highest BCUT2D eigenvalue weighted by molar-refractivity contribution is 4.66. The van der Waals surface area contributed by atoms with E-state index in [9.17, 15) is 13.2 Å². The van der Waals surface area contributed by atoms with E-state index in [4.69, 9.17) is 4.74 Å². The Labute approximate surface area is 82.0 Å². The molecule has 1 rings (SSSR count). The Kier molecular flexibility index (Phi) is 4.19. The maximum Gasteiger partial charge on any atom is 0.411 e. The van der Waals surface area contributed by atoms with E-state index in [-0.39, 0.29) is 0 Å². The lowest BCUT2D eigenvalue weighted by Crippen LogP contribution is -2.40. The molecular formula is C9H16F3NO. The molecule has 1 unspecified atom stereocenters. The van der Waals surface area contributed by atoms with E-state index in [0.717, 1.165) is 25.9 Å². The van der Waals surface area contributed by atoms with Gasteiger partial charge >= 0.3 is 6.18 Å². The number of likely N-dealkylation sites (tertiary alicyclic amines) is 1. The van der Waals surface area contributed by atoms with Gasteiger partial charge in [0, 0.05) is 13.1 Å². The first kappa shape index (κ1) is 11.8. The average Bonchev–Trinajstić information content (AvgIpc) is 2.14. The zero-order chi connectivity index (χ0) is 10.6. The Bertz CT molecular complexity index is 166. The van der Waals surface area contributed by atoms with Gasteiger partial charge in [-0.15, -0.1) is 0 Å². The molecule has 0 aromatic rings. The molecule has 0 aromatic carbocycles. The van der Waals surface area contributed by atoms with Gasteiger partial charge in [0.2, 0.25) is 0 Å². The van der Waals surface area contributed by atoms with E-state index in [2.05, 4.69) is 0 Å². The number of piperidine rings is 1. The van der Waals surface area contributed by atoms with Crippen molar-refractivity contribution < 1.29 is 17.9 Å². The molecule has 1 saturated heterocycles. The predicted molar refractivity (Wildman–Crippen MR) is 46.9 cm³/mol. The Morgan fingerprint density at radius 2 is 1.79 bits per heavy atom. The zero-order valence-electron chi connectivity index (χ0n) is 8.31. The number of rotatable bonds is 3. The van der Waals surface area contributed by atoms with Crippen molar-refractivity contribution in [3.8, 4) is 0 Å². The molecule has 0 radical (unpaired) electrons. The van der Waals surface area contributed by atoms with Gasteiger partial charge in [-0.3, -0.25) is 4.90 Å². The van der Waals surface area contributed by atoms with E-state index in [1.54, 1.807) is 6.92 Å². The van der Waals surface area contributed by atoms with Crippen LogP contribution in [0.3, 0.4) is 0 Å². The fraction of sp³-hybridized carbons (Fsp3) is 1.00. The molecule has 84 valence electrons. The lowest BCUT2D eigenvalue weighted by atomic mass is 10.1. The molecule has 1 aliphatic rings. The topological polar surface area (TPSA) is 12.5 Å². The highest BCUT2D eigenvalue weighted by Crippen LogP contribution is 2.18. The molecule has 14 heavy (non-hydrogen) atoms. The van der Waals surface area contributed by atoms with Crippen molar-refractivity contribution in [3.05, 3.63) is 0 Å². The van der Waals surface area contributed by atoms with Crippen molar-refractivity contribution in [1.29, 1.82) is 0 Å². The van der Waals surface area contributed by atoms with Crippen LogP contribution in [0.4, 0.5) is 13.2 Å². The minimum atomic E-state index is -4.22. The zero-order valence-corrected chi connectivity index (χ0v) is 8.31. The first-order valence-electron chi connectivity index (χ1n) is 4.91. The third-order valence-corrected chi connectivity index (χ3v) is 2.39. The normalized spacial score (nSPS) is 22.3. The quantitative estimate of drug-likeness (QED) is 0.710. The summed E-state index contributed by atoms with van der Waals surface area (Å²) in [7, 11) is 0. The van der Waals surface area contributed by atoms with Gasteiger partial charge < -0.3 is 4.74 Å². The average molecular weight is 211 g/mol. The molecular weight excluding hydrogens is 195 g/mol. The van der Waals surface area contributed by atoms with Crippen LogP contribution in [-0.2, 0) is 4.74 Å². The lowest BCUT2D eigenvalue weighted by Gasteiger charge is -2.32. The monoisotopic (exact) mass is 211 g/mol. The molecule has 1 heterocycles. The summed E-state index contributed by atoms with van der Waals surface area (Å²) in [6.45, 7) is 2.22. The summed E-state index contributed by atoms with van der Waals surface area (Å²) >= 11 is 0. The fourth-order valence-corrected chi connectivity index (χ4v) is 1.60. The highest BCUT2D eigenvalue weighted by Gasteiger charge is 2.29. The summed E-state index contributed by atoms with van der Waals surface area (Å²) < 4.78 is 40.3. The summed E-state index contributed by atoms with van der Waals surface area (Å²) in [4.78, 5) is 1.95. The molecule has 0 amide bonds. The van der Waals surface area contributed by atoms with Crippen LogP contribution >= 0.6 is 0 Å². The molecule has 0 bridgehead atoms. The minimum absolute atomic E-state index is 0.420. The number of halogens is 3. The molecule has 0 spiro atoms. The van der Waals surface area contributed by atoms with Gasteiger partial charge in [-0.05, 0) is 19.8 Å². The number of hydrogen-bond donors (Lipinski definition) is 0. The fourth-order valence-electron chi connectivity index (χ4n) is 1.60. The molecule has 1 atom stereocenters. The van der Waals surface area contributed by atoms with Crippen molar-refractivity contribution in [2.75, 3.05) is 19.7 Å². The van der Waals surface area contributed by atoms with Crippen LogP contribution < -0.4 is 0 Å². The number of nitrogens with zero attached hydrogens (tertiary/aromatic N) is 1. The van der Waals surface area contributed by atoms with E-state index >= 15 is 0 Å². The van der Waals surface area contributed by atoms with Crippen LogP contribution in [0.2, 0.25) is 0 Å². The summed E-state index contributed by atoms with van der Waals surface area (Å²) in [6.07, 6.45) is -1.36. The Morgan fingerprint density at radius 1 is 1.21 bits per heavy atom. The second-order valence-electron chi connectivity index (χ2n) is 3.62. The molecule has 2 nitrogen and oxygen atoms in total. The number of hydrogen-bond acceptors (Lipinski definition) is 2. The summed E-state index contributed by atoms with van der Waals surface area (Å²) in [5.74, 6) is 0. The first-order valence-corrected chi connectivity index (χ1v) is 4.91. The van der Waals surface area contributed by atoms with Crippen molar-refractivity contribution in [2.45, 2.75) is 38.6 Å². The standard InChI is InChI=1S/C9H16F3NO/c1-8(14-7-9(10,11)12)13-5-3-2-4-6-13/h8H,2-7H2,1H3. The van der Waals surface area contributed by atoms with Gasteiger partial charge in [0.25, 0.3) is 0 Å². The van der Waals surface area contributed by atoms with Gasteiger partial charge in [0.1, 0.15) is 12.8 Å². The maximum atomic E-state index is 11.8. The number of alkyl halides is 3. The predicted octanol–water partition coefficient (Wildman–Crippen LogP) is 2.40. The Morgan fingerprint density at radius 3 is 2.29 bits per heavy atom. The molecule has 0 aromatic heterocycles.